The lowest BCUT2D eigenvalue weighted by molar-refractivity contribution is 0.699. The Bertz CT molecular complexity index is 210. The van der Waals surface area contributed by atoms with E-state index in [4.69, 9.17) is 11.6 Å². The highest BCUT2D eigenvalue weighted by Crippen LogP contribution is 2.24. The number of rotatable bonds is 4. The molecule has 1 unspecified atom stereocenters. The van der Waals surface area contributed by atoms with Gasteiger partial charge in [0.05, 0.1) is 5.38 Å². The molecule has 0 aliphatic heterocycles. The molecule has 1 nitrogen and oxygen atoms in total. The first-order valence-electron chi connectivity index (χ1n) is 4.38. The first-order chi connectivity index (χ1) is 5.84. The highest BCUT2D eigenvalue weighted by Gasteiger charge is 2.05. The van der Waals surface area contributed by atoms with E-state index in [9.17, 15) is 0 Å². The van der Waals surface area contributed by atoms with Crippen LogP contribution >= 0.6 is 11.6 Å². The van der Waals surface area contributed by atoms with Crippen LogP contribution in [0.4, 0.5) is 0 Å². The second-order valence-electron chi connectivity index (χ2n) is 2.90. The number of hydrogen-bond donors (Lipinski definition) is 0. The molecule has 0 N–H and O–H groups in total. The van der Waals surface area contributed by atoms with Crippen LogP contribution in [0.3, 0.4) is 0 Å². The third kappa shape index (κ3) is 2.82. The lowest BCUT2D eigenvalue weighted by Crippen LogP contribution is -1.90. The van der Waals surface area contributed by atoms with Crippen LogP contribution in [0.1, 0.15) is 37.1 Å². The first kappa shape index (κ1) is 9.53. The Kier molecular flexibility index (Phi) is 4.09. The molecule has 0 amide bonds. The Labute approximate surface area is 78.8 Å². The average molecular weight is 184 g/mol. The topological polar surface area (TPSA) is 12.9 Å². The zero-order valence-electron chi connectivity index (χ0n) is 7.33. The molecular formula is C10H14ClN. The molecule has 1 rings (SSSR count). The summed E-state index contributed by atoms with van der Waals surface area (Å²) in [5.41, 5.74) is 1.13. The SMILES string of the molecule is CCCCC(Cl)c1cccnc1. The van der Waals surface area contributed by atoms with E-state index in [2.05, 4.69) is 11.9 Å². The number of halogens is 1. The lowest BCUT2D eigenvalue weighted by atomic mass is 10.1. The smallest absolute Gasteiger partial charge is 0.0600 e. The van der Waals surface area contributed by atoms with Gasteiger partial charge in [0.2, 0.25) is 0 Å². The molecule has 0 aromatic carbocycles. The fraction of sp³-hybridized carbons (Fsp3) is 0.500. The van der Waals surface area contributed by atoms with Gasteiger partial charge in [-0.1, -0.05) is 25.8 Å². The monoisotopic (exact) mass is 183 g/mol. The van der Waals surface area contributed by atoms with E-state index in [-0.39, 0.29) is 5.38 Å². The van der Waals surface area contributed by atoms with Gasteiger partial charge < -0.3 is 0 Å². The van der Waals surface area contributed by atoms with Gasteiger partial charge in [0, 0.05) is 12.4 Å². The zero-order valence-corrected chi connectivity index (χ0v) is 8.09. The molecule has 0 bridgehead atoms. The molecule has 0 saturated heterocycles. The fourth-order valence-corrected chi connectivity index (χ4v) is 1.39. The third-order valence-electron chi connectivity index (χ3n) is 1.86. The van der Waals surface area contributed by atoms with Crippen LogP contribution in [0.25, 0.3) is 0 Å². The number of unbranched alkanes of at least 4 members (excludes halogenated alkanes) is 1. The minimum Gasteiger partial charge on any atom is -0.264 e. The van der Waals surface area contributed by atoms with Gasteiger partial charge in [-0.25, -0.2) is 0 Å². The Morgan fingerprint density at radius 2 is 2.42 bits per heavy atom. The van der Waals surface area contributed by atoms with Crippen molar-refractivity contribution in [2.45, 2.75) is 31.6 Å². The van der Waals surface area contributed by atoms with E-state index >= 15 is 0 Å². The first-order valence-corrected chi connectivity index (χ1v) is 4.82. The molecule has 2 heteroatoms. The average Bonchev–Trinajstić information content (AvgIpc) is 2.15. The summed E-state index contributed by atoms with van der Waals surface area (Å²) in [5, 5.41) is 0.138. The van der Waals surface area contributed by atoms with Gasteiger partial charge in [0.15, 0.2) is 0 Å². The molecule has 0 aliphatic carbocycles. The van der Waals surface area contributed by atoms with Crippen molar-refractivity contribution < 1.29 is 0 Å². The van der Waals surface area contributed by atoms with Gasteiger partial charge in [0.1, 0.15) is 0 Å². The van der Waals surface area contributed by atoms with E-state index in [1.165, 1.54) is 12.8 Å². The predicted molar refractivity (Wildman–Crippen MR) is 52.4 cm³/mol. The minimum atomic E-state index is 0.138. The van der Waals surface area contributed by atoms with Crippen molar-refractivity contribution in [2.24, 2.45) is 0 Å². The standard InChI is InChI=1S/C10H14ClN/c1-2-3-6-10(11)9-5-4-7-12-8-9/h4-5,7-8,10H,2-3,6H2,1H3. The van der Waals surface area contributed by atoms with E-state index in [0.29, 0.717) is 0 Å². The number of alkyl halides is 1. The number of pyridine rings is 1. The lowest BCUT2D eigenvalue weighted by Gasteiger charge is -2.07. The van der Waals surface area contributed by atoms with Crippen LogP contribution in [0.15, 0.2) is 24.5 Å². The zero-order chi connectivity index (χ0) is 8.81. The predicted octanol–water partition coefficient (Wildman–Crippen LogP) is 3.55. The van der Waals surface area contributed by atoms with Gasteiger partial charge in [-0.2, -0.15) is 0 Å². The molecule has 1 aromatic rings. The molecule has 12 heavy (non-hydrogen) atoms. The Morgan fingerprint density at radius 1 is 1.58 bits per heavy atom. The Hall–Kier alpha value is -0.560. The number of nitrogens with zero attached hydrogens (tertiary/aromatic N) is 1. The van der Waals surface area contributed by atoms with E-state index in [1.54, 1.807) is 6.20 Å². The normalized spacial score (nSPS) is 12.8. The molecule has 0 fully saturated rings. The highest BCUT2D eigenvalue weighted by atomic mass is 35.5. The summed E-state index contributed by atoms with van der Waals surface area (Å²) in [6, 6.07) is 3.96. The largest absolute Gasteiger partial charge is 0.264 e. The molecule has 0 spiro atoms. The van der Waals surface area contributed by atoms with Crippen LogP contribution in [-0.4, -0.2) is 4.98 Å². The summed E-state index contributed by atoms with van der Waals surface area (Å²) in [7, 11) is 0. The van der Waals surface area contributed by atoms with E-state index < -0.39 is 0 Å². The van der Waals surface area contributed by atoms with Crippen molar-refractivity contribution in [1.29, 1.82) is 0 Å². The summed E-state index contributed by atoms with van der Waals surface area (Å²) >= 11 is 6.14. The summed E-state index contributed by atoms with van der Waals surface area (Å²) in [5.74, 6) is 0. The Morgan fingerprint density at radius 3 is 3.00 bits per heavy atom. The van der Waals surface area contributed by atoms with Crippen LogP contribution in [0.5, 0.6) is 0 Å². The quantitative estimate of drug-likeness (QED) is 0.651. The van der Waals surface area contributed by atoms with E-state index in [1.807, 2.05) is 18.3 Å². The molecular weight excluding hydrogens is 170 g/mol. The molecule has 1 aromatic heterocycles. The summed E-state index contributed by atoms with van der Waals surface area (Å²) in [4.78, 5) is 4.03. The van der Waals surface area contributed by atoms with Gasteiger partial charge in [-0.3, -0.25) is 4.98 Å². The maximum absolute atomic E-state index is 6.14. The summed E-state index contributed by atoms with van der Waals surface area (Å²) in [6.45, 7) is 2.17. The number of hydrogen-bond acceptors (Lipinski definition) is 1. The van der Waals surface area contributed by atoms with Crippen LogP contribution < -0.4 is 0 Å². The van der Waals surface area contributed by atoms with Crippen LogP contribution in [0, 0.1) is 0 Å². The molecule has 0 saturated carbocycles. The second kappa shape index (κ2) is 5.15. The third-order valence-corrected chi connectivity index (χ3v) is 2.33. The minimum absolute atomic E-state index is 0.138. The van der Waals surface area contributed by atoms with E-state index in [0.717, 1.165) is 12.0 Å². The number of aromatic nitrogens is 1. The van der Waals surface area contributed by atoms with Crippen LogP contribution in [-0.2, 0) is 0 Å². The fourth-order valence-electron chi connectivity index (χ4n) is 1.11. The van der Waals surface area contributed by atoms with Gasteiger partial charge in [-0.15, -0.1) is 11.6 Å². The molecule has 0 radical (unpaired) electrons. The molecule has 1 heterocycles. The van der Waals surface area contributed by atoms with Gasteiger partial charge in [0.25, 0.3) is 0 Å². The second-order valence-corrected chi connectivity index (χ2v) is 3.42. The maximum atomic E-state index is 6.14. The Balaban J connectivity index is 2.48. The molecule has 1 atom stereocenters. The summed E-state index contributed by atoms with van der Waals surface area (Å²) < 4.78 is 0. The summed E-state index contributed by atoms with van der Waals surface area (Å²) in [6.07, 6.45) is 7.04. The maximum Gasteiger partial charge on any atom is 0.0600 e. The van der Waals surface area contributed by atoms with Crippen molar-refractivity contribution in [3.8, 4) is 0 Å². The van der Waals surface area contributed by atoms with Crippen molar-refractivity contribution >= 4 is 11.6 Å². The van der Waals surface area contributed by atoms with Crippen molar-refractivity contribution in [3.63, 3.8) is 0 Å². The molecule has 0 aliphatic rings. The van der Waals surface area contributed by atoms with Crippen LogP contribution in [0.2, 0.25) is 0 Å². The van der Waals surface area contributed by atoms with Crippen molar-refractivity contribution in [3.05, 3.63) is 30.1 Å². The molecule has 66 valence electrons. The highest BCUT2D eigenvalue weighted by molar-refractivity contribution is 6.20. The van der Waals surface area contributed by atoms with Crippen molar-refractivity contribution in [1.82, 2.24) is 4.98 Å². The van der Waals surface area contributed by atoms with Gasteiger partial charge >= 0.3 is 0 Å². The van der Waals surface area contributed by atoms with Gasteiger partial charge in [-0.05, 0) is 18.1 Å². The van der Waals surface area contributed by atoms with Crippen molar-refractivity contribution in [2.75, 3.05) is 0 Å².